The highest BCUT2D eigenvalue weighted by Gasteiger charge is 2.38. The Morgan fingerprint density at radius 1 is 1.19 bits per heavy atom. The first kappa shape index (κ1) is 17.0. The fraction of sp³-hybridized carbons (Fsp3) is 0.545. The Hall–Kier alpha value is -2.14. The van der Waals surface area contributed by atoms with E-state index < -0.39 is 0 Å². The summed E-state index contributed by atoms with van der Waals surface area (Å²) in [4.78, 5) is 22.6. The minimum Gasteiger partial charge on any atom is -0.496 e. The summed E-state index contributed by atoms with van der Waals surface area (Å²) >= 11 is 0. The second kappa shape index (κ2) is 6.48. The van der Waals surface area contributed by atoms with Crippen molar-refractivity contribution in [2.24, 2.45) is 0 Å². The molecule has 0 spiro atoms. The predicted molar refractivity (Wildman–Crippen MR) is 104 cm³/mol. The van der Waals surface area contributed by atoms with E-state index >= 15 is 0 Å². The second-order valence-electron chi connectivity index (χ2n) is 8.33. The molecule has 1 saturated heterocycles. The molecule has 3 heterocycles. The van der Waals surface area contributed by atoms with Gasteiger partial charge < -0.3 is 9.72 Å². The van der Waals surface area contributed by atoms with Gasteiger partial charge in [-0.25, -0.2) is 4.98 Å². The molecular formula is C22H27N3O2. The van der Waals surface area contributed by atoms with E-state index in [2.05, 4.69) is 27.0 Å². The molecule has 0 amide bonds. The summed E-state index contributed by atoms with van der Waals surface area (Å²) in [6, 6.07) is 5.50. The Balaban J connectivity index is 1.48. The Labute approximate surface area is 159 Å². The van der Waals surface area contributed by atoms with Gasteiger partial charge in [-0.15, -0.1) is 0 Å². The molecule has 5 nitrogen and oxygen atoms in total. The van der Waals surface area contributed by atoms with Crippen molar-refractivity contribution < 1.29 is 4.74 Å². The first-order valence-corrected chi connectivity index (χ1v) is 10.2. The van der Waals surface area contributed by atoms with E-state index in [9.17, 15) is 4.79 Å². The van der Waals surface area contributed by atoms with E-state index in [1.54, 1.807) is 7.11 Å². The lowest BCUT2D eigenvalue weighted by molar-refractivity contribution is 0.185. The highest BCUT2D eigenvalue weighted by atomic mass is 16.5. The molecule has 0 saturated carbocycles. The molecule has 5 rings (SSSR count). The van der Waals surface area contributed by atoms with Crippen LogP contribution in [0.1, 0.15) is 53.0 Å². The molecule has 2 atom stereocenters. The maximum Gasteiger partial charge on any atom is 0.254 e. The largest absolute Gasteiger partial charge is 0.496 e. The van der Waals surface area contributed by atoms with Crippen molar-refractivity contribution in [2.75, 3.05) is 7.11 Å². The number of aryl methyl sites for hydroxylation is 3. The Bertz CT molecular complexity index is 949. The molecule has 2 aromatic rings. The van der Waals surface area contributed by atoms with Crippen LogP contribution in [0, 0.1) is 6.92 Å². The zero-order valence-corrected chi connectivity index (χ0v) is 16.2. The van der Waals surface area contributed by atoms with E-state index in [4.69, 9.17) is 4.74 Å². The van der Waals surface area contributed by atoms with Crippen LogP contribution >= 0.6 is 0 Å². The van der Waals surface area contributed by atoms with E-state index in [0.29, 0.717) is 12.1 Å². The van der Waals surface area contributed by atoms with Gasteiger partial charge in [-0.05, 0) is 62.6 Å². The van der Waals surface area contributed by atoms with Gasteiger partial charge in [0.2, 0.25) is 0 Å². The molecule has 0 unspecified atom stereocenters. The Morgan fingerprint density at radius 2 is 1.93 bits per heavy atom. The van der Waals surface area contributed by atoms with Crippen LogP contribution in [0.3, 0.4) is 0 Å². The Morgan fingerprint density at radius 3 is 2.70 bits per heavy atom. The van der Waals surface area contributed by atoms with Crippen LogP contribution in [0.2, 0.25) is 0 Å². The van der Waals surface area contributed by atoms with Gasteiger partial charge in [-0.3, -0.25) is 9.69 Å². The molecule has 1 aliphatic carbocycles. The van der Waals surface area contributed by atoms with Crippen molar-refractivity contribution in [1.82, 2.24) is 14.9 Å². The molecule has 5 heteroatoms. The number of H-pyrrole nitrogens is 1. The summed E-state index contributed by atoms with van der Waals surface area (Å²) in [5.74, 6) is 1.74. The smallest absolute Gasteiger partial charge is 0.254 e. The van der Waals surface area contributed by atoms with E-state index in [0.717, 1.165) is 48.6 Å². The minimum atomic E-state index is 0.0557. The van der Waals surface area contributed by atoms with E-state index in [1.807, 2.05) is 6.92 Å². The van der Waals surface area contributed by atoms with Crippen molar-refractivity contribution in [1.29, 1.82) is 0 Å². The number of benzene rings is 1. The molecule has 1 aromatic heterocycles. The van der Waals surface area contributed by atoms with Crippen LogP contribution < -0.4 is 10.3 Å². The standard InChI is InChI=1S/C22H27N3O2/c1-13-23-20-11-18-7-6-17(10-19(20)22(26)24-13)25(18)12-16-8-14-4-3-5-15(14)9-21(16)27-2/h8-9,17-18H,3-7,10-12H2,1-2H3,(H,23,24,26)/t17-,18-/m1/s1. The van der Waals surface area contributed by atoms with Gasteiger partial charge in [-0.1, -0.05) is 6.07 Å². The molecule has 142 valence electrons. The van der Waals surface area contributed by atoms with E-state index in [-0.39, 0.29) is 5.56 Å². The highest BCUT2D eigenvalue weighted by molar-refractivity contribution is 5.45. The molecule has 3 aliphatic rings. The first-order valence-electron chi connectivity index (χ1n) is 10.2. The molecule has 1 N–H and O–H groups in total. The molecule has 1 aromatic carbocycles. The molecule has 27 heavy (non-hydrogen) atoms. The molecule has 1 fully saturated rings. The summed E-state index contributed by atoms with van der Waals surface area (Å²) in [7, 11) is 1.78. The normalized spacial score (nSPS) is 23.8. The van der Waals surface area contributed by atoms with Gasteiger partial charge in [0.05, 0.1) is 12.8 Å². The summed E-state index contributed by atoms with van der Waals surface area (Å²) in [5.41, 5.74) is 6.20. The lowest BCUT2D eigenvalue weighted by atomic mass is 9.98. The van der Waals surface area contributed by atoms with E-state index in [1.165, 1.54) is 42.4 Å². The number of fused-ring (bicyclic) bond motifs is 4. The number of nitrogens with zero attached hydrogens (tertiary/aromatic N) is 2. The topological polar surface area (TPSA) is 58.2 Å². The number of hydrogen-bond donors (Lipinski definition) is 1. The fourth-order valence-electron chi connectivity index (χ4n) is 5.38. The zero-order chi connectivity index (χ0) is 18.5. The maximum absolute atomic E-state index is 12.5. The summed E-state index contributed by atoms with van der Waals surface area (Å²) in [6.45, 7) is 2.77. The first-order chi connectivity index (χ1) is 13.1. The summed E-state index contributed by atoms with van der Waals surface area (Å²) in [5, 5.41) is 0. The van der Waals surface area contributed by atoms with Crippen molar-refractivity contribution in [3.8, 4) is 5.75 Å². The van der Waals surface area contributed by atoms with Crippen LogP contribution in [-0.2, 0) is 32.2 Å². The number of aromatic amines is 1. The fourth-order valence-corrected chi connectivity index (χ4v) is 5.38. The van der Waals surface area contributed by atoms with Gasteiger partial charge in [0.15, 0.2) is 0 Å². The predicted octanol–water partition coefficient (Wildman–Crippen LogP) is 2.71. The second-order valence-corrected chi connectivity index (χ2v) is 8.33. The summed E-state index contributed by atoms with van der Waals surface area (Å²) in [6.07, 6.45) is 7.63. The average Bonchev–Trinajstić information content (AvgIpc) is 3.19. The van der Waals surface area contributed by atoms with Gasteiger partial charge in [0, 0.05) is 36.2 Å². The van der Waals surface area contributed by atoms with Crippen molar-refractivity contribution in [2.45, 2.75) is 70.5 Å². The van der Waals surface area contributed by atoms with Crippen molar-refractivity contribution in [3.63, 3.8) is 0 Å². The van der Waals surface area contributed by atoms with Gasteiger partial charge in [0.1, 0.15) is 11.6 Å². The van der Waals surface area contributed by atoms with Crippen LogP contribution in [0.5, 0.6) is 5.75 Å². The van der Waals surface area contributed by atoms with Crippen LogP contribution in [-0.4, -0.2) is 34.1 Å². The molecule has 0 radical (unpaired) electrons. The molecule has 2 aliphatic heterocycles. The third kappa shape index (κ3) is 2.89. The van der Waals surface area contributed by atoms with Gasteiger partial charge in [0.25, 0.3) is 5.56 Å². The van der Waals surface area contributed by atoms with Crippen LogP contribution in [0.4, 0.5) is 0 Å². The highest BCUT2D eigenvalue weighted by Crippen LogP contribution is 2.37. The number of aromatic nitrogens is 2. The monoisotopic (exact) mass is 365 g/mol. The van der Waals surface area contributed by atoms with Crippen LogP contribution in [0.15, 0.2) is 16.9 Å². The van der Waals surface area contributed by atoms with Crippen molar-refractivity contribution in [3.05, 3.63) is 56.3 Å². The summed E-state index contributed by atoms with van der Waals surface area (Å²) < 4.78 is 5.74. The lowest BCUT2D eigenvalue weighted by Gasteiger charge is -2.28. The third-order valence-electron chi connectivity index (χ3n) is 6.71. The SMILES string of the molecule is COc1cc2c(cc1CN1[C@@H]3CC[C@@H]1Cc1c(nc(C)[nH]c1=O)C3)CCC2. The maximum atomic E-state index is 12.5. The van der Waals surface area contributed by atoms with Gasteiger partial charge >= 0.3 is 0 Å². The van der Waals surface area contributed by atoms with Gasteiger partial charge in [-0.2, -0.15) is 0 Å². The number of nitrogens with one attached hydrogen (secondary N) is 1. The zero-order valence-electron chi connectivity index (χ0n) is 16.2. The molecule has 2 bridgehead atoms. The molecular weight excluding hydrogens is 338 g/mol. The lowest BCUT2D eigenvalue weighted by Crippen LogP contribution is -2.36. The quantitative estimate of drug-likeness (QED) is 0.909. The number of methoxy groups -OCH3 is 1. The number of hydrogen-bond acceptors (Lipinski definition) is 4. The third-order valence-corrected chi connectivity index (χ3v) is 6.71. The number of ether oxygens (including phenoxy) is 1. The Kier molecular flexibility index (Phi) is 4.08. The van der Waals surface area contributed by atoms with Crippen molar-refractivity contribution >= 4 is 0 Å². The minimum absolute atomic E-state index is 0.0557. The number of rotatable bonds is 3. The van der Waals surface area contributed by atoms with Crippen LogP contribution in [0.25, 0.3) is 0 Å². The average molecular weight is 365 g/mol.